The lowest BCUT2D eigenvalue weighted by molar-refractivity contribution is -0.384. The van der Waals surface area contributed by atoms with Crippen molar-refractivity contribution < 1.29 is 14.1 Å². The number of hydrogen-bond acceptors (Lipinski definition) is 6. The Hall–Kier alpha value is -2.15. The molecule has 3 rings (SSSR count). The van der Waals surface area contributed by atoms with E-state index in [1.165, 1.54) is 12.1 Å². The maximum absolute atomic E-state index is 10.7. The molecule has 1 saturated carbocycles. The average Bonchev–Trinajstić information content (AvgIpc) is 3.03. The first kappa shape index (κ1) is 12.9. The highest BCUT2D eigenvalue weighted by Crippen LogP contribution is 2.28. The molecule has 0 amide bonds. The Bertz CT molecular complexity index is 640. The molecule has 1 aliphatic rings. The molecule has 0 radical (unpaired) electrons. The summed E-state index contributed by atoms with van der Waals surface area (Å²) in [6.45, 7) is 0. The number of aromatic nitrogens is 1. The number of rotatable bonds is 4. The van der Waals surface area contributed by atoms with Crippen LogP contribution < -0.4 is 5.32 Å². The minimum atomic E-state index is -0.451. The fourth-order valence-electron chi connectivity index (χ4n) is 2.62. The molecule has 0 aliphatic heterocycles. The van der Waals surface area contributed by atoms with E-state index >= 15 is 0 Å². The Morgan fingerprint density at radius 2 is 2.35 bits per heavy atom. The zero-order valence-electron chi connectivity index (χ0n) is 11.0. The van der Waals surface area contributed by atoms with Crippen LogP contribution in [0.5, 0.6) is 0 Å². The van der Waals surface area contributed by atoms with Crippen molar-refractivity contribution in [2.75, 3.05) is 12.4 Å². The van der Waals surface area contributed by atoms with E-state index in [-0.39, 0.29) is 17.8 Å². The number of nitrogens with one attached hydrogen (secondary N) is 1. The fraction of sp³-hybridized carbons (Fsp3) is 0.462. The Kier molecular flexibility index (Phi) is 3.27. The first-order valence-corrected chi connectivity index (χ1v) is 6.51. The van der Waals surface area contributed by atoms with Gasteiger partial charge in [0.1, 0.15) is 5.52 Å². The first-order chi connectivity index (χ1) is 9.67. The number of oxazole rings is 1. The van der Waals surface area contributed by atoms with Gasteiger partial charge in [0, 0.05) is 13.2 Å². The summed E-state index contributed by atoms with van der Waals surface area (Å²) in [6, 6.07) is 4.94. The summed E-state index contributed by atoms with van der Waals surface area (Å²) in [7, 11) is 1.69. The molecule has 2 aromatic rings. The summed E-state index contributed by atoms with van der Waals surface area (Å²) in [4.78, 5) is 14.6. The minimum Gasteiger partial charge on any atom is -0.423 e. The van der Waals surface area contributed by atoms with Gasteiger partial charge in [0.25, 0.3) is 11.7 Å². The molecule has 1 N–H and O–H groups in total. The van der Waals surface area contributed by atoms with E-state index in [0.29, 0.717) is 17.1 Å². The van der Waals surface area contributed by atoms with Crippen LogP contribution >= 0.6 is 0 Å². The maximum Gasteiger partial charge on any atom is 0.295 e. The second kappa shape index (κ2) is 5.09. The van der Waals surface area contributed by atoms with Gasteiger partial charge in [-0.2, -0.15) is 4.98 Å². The maximum atomic E-state index is 10.7. The summed E-state index contributed by atoms with van der Waals surface area (Å²) < 4.78 is 10.9. The van der Waals surface area contributed by atoms with Crippen molar-refractivity contribution in [3.05, 3.63) is 28.3 Å². The lowest BCUT2D eigenvalue weighted by Gasteiger charge is -2.17. The number of nitrogens with zero attached hydrogens (tertiary/aromatic N) is 2. The molecule has 0 bridgehead atoms. The van der Waals surface area contributed by atoms with Crippen LogP contribution in [0.2, 0.25) is 0 Å². The quantitative estimate of drug-likeness (QED) is 0.682. The van der Waals surface area contributed by atoms with Crippen molar-refractivity contribution in [1.29, 1.82) is 0 Å². The van der Waals surface area contributed by atoms with Crippen molar-refractivity contribution in [1.82, 2.24) is 4.98 Å². The van der Waals surface area contributed by atoms with E-state index in [2.05, 4.69) is 10.3 Å². The van der Waals surface area contributed by atoms with Crippen molar-refractivity contribution in [2.45, 2.75) is 31.4 Å². The predicted octanol–water partition coefficient (Wildman–Crippen LogP) is 2.72. The third kappa shape index (κ3) is 2.32. The van der Waals surface area contributed by atoms with Crippen LogP contribution in [0.1, 0.15) is 19.3 Å². The minimum absolute atomic E-state index is 0.00386. The van der Waals surface area contributed by atoms with Gasteiger partial charge >= 0.3 is 0 Å². The van der Waals surface area contributed by atoms with Gasteiger partial charge in [-0.05, 0) is 25.3 Å². The van der Waals surface area contributed by atoms with Crippen molar-refractivity contribution in [3.8, 4) is 0 Å². The normalized spacial score (nSPS) is 22.2. The third-order valence-corrected chi connectivity index (χ3v) is 3.65. The van der Waals surface area contributed by atoms with Crippen LogP contribution in [0.3, 0.4) is 0 Å². The molecule has 7 nitrogen and oxygen atoms in total. The summed E-state index contributed by atoms with van der Waals surface area (Å²) >= 11 is 0. The molecule has 7 heteroatoms. The van der Waals surface area contributed by atoms with Crippen LogP contribution in [-0.2, 0) is 4.74 Å². The lowest BCUT2D eigenvalue weighted by Crippen LogP contribution is -2.29. The lowest BCUT2D eigenvalue weighted by atomic mass is 10.2. The molecule has 0 saturated heterocycles. The van der Waals surface area contributed by atoms with Gasteiger partial charge in [-0.3, -0.25) is 10.1 Å². The monoisotopic (exact) mass is 277 g/mol. The van der Waals surface area contributed by atoms with Gasteiger partial charge in [-0.15, -0.1) is 0 Å². The Morgan fingerprint density at radius 3 is 3.10 bits per heavy atom. The van der Waals surface area contributed by atoms with Crippen LogP contribution in [-0.4, -0.2) is 29.2 Å². The number of benzene rings is 1. The van der Waals surface area contributed by atoms with E-state index in [1.807, 2.05) is 0 Å². The highest BCUT2D eigenvalue weighted by atomic mass is 16.6. The van der Waals surface area contributed by atoms with Crippen LogP contribution in [0.4, 0.5) is 11.7 Å². The van der Waals surface area contributed by atoms with Crippen molar-refractivity contribution in [2.24, 2.45) is 0 Å². The van der Waals surface area contributed by atoms with E-state index in [0.717, 1.165) is 19.3 Å². The number of non-ortho nitro benzene ring substituents is 1. The molecule has 2 atom stereocenters. The van der Waals surface area contributed by atoms with Crippen molar-refractivity contribution >= 4 is 22.8 Å². The SMILES string of the molecule is COC1CCCC1Nc1nc2ccc([N+](=O)[O-])cc2o1. The zero-order chi connectivity index (χ0) is 14.1. The molecule has 1 aromatic carbocycles. The third-order valence-electron chi connectivity index (χ3n) is 3.65. The average molecular weight is 277 g/mol. The number of hydrogen-bond donors (Lipinski definition) is 1. The van der Waals surface area contributed by atoms with Gasteiger partial charge in [0.2, 0.25) is 0 Å². The Labute approximate surface area is 115 Å². The predicted molar refractivity (Wildman–Crippen MR) is 72.7 cm³/mol. The molecule has 1 heterocycles. The molecule has 1 aromatic heterocycles. The number of ether oxygens (including phenoxy) is 1. The zero-order valence-corrected chi connectivity index (χ0v) is 11.0. The van der Waals surface area contributed by atoms with E-state index in [9.17, 15) is 10.1 Å². The number of nitro groups is 1. The molecular formula is C13H15N3O4. The molecule has 0 spiro atoms. The van der Waals surface area contributed by atoms with Crippen LogP contribution in [0.25, 0.3) is 11.1 Å². The van der Waals surface area contributed by atoms with Crippen LogP contribution in [0.15, 0.2) is 22.6 Å². The molecule has 2 unspecified atom stereocenters. The highest BCUT2D eigenvalue weighted by Gasteiger charge is 2.28. The molecule has 20 heavy (non-hydrogen) atoms. The largest absolute Gasteiger partial charge is 0.423 e. The summed E-state index contributed by atoms with van der Waals surface area (Å²) in [5, 5.41) is 13.9. The topological polar surface area (TPSA) is 90.4 Å². The number of fused-ring (bicyclic) bond motifs is 1. The summed E-state index contributed by atoms with van der Waals surface area (Å²) in [5.74, 6) is 0. The van der Waals surface area contributed by atoms with Gasteiger partial charge in [-0.25, -0.2) is 0 Å². The standard InChI is InChI=1S/C13H15N3O4/c1-19-11-4-2-3-9(11)14-13-15-10-6-5-8(16(17)18)7-12(10)20-13/h5-7,9,11H,2-4H2,1H3,(H,14,15). The highest BCUT2D eigenvalue weighted by molar-refractivity contribution is 5.77. The second-order valence-corrected chi connectivity index (χ2v) is 4.88. The smallest absolute Gasteiger partial charge is 0.295 e. The van der Waals surface area contributed by atoms with E-state index in [4.69, 9.17) is 9.15 Å². The van der Waals surface area contributed by atoms with Gasteiger partial charge in [0.15, 0.2) is 5.58 Å². The molecular weight excluding hydrogens is 262 g/mol. The molecule has 106 valence electrons. The van der Waals surface area contributed by atoms with Crippen LogP contribution in [0, 0.1) is 10.1 Å². The Morgan fingerprint density at radius 1 is 1.50 bits per heavy atom. The fourth-order valence-corrected chi connectivity index (χ4v) is 2.62. The molecule has 1 aliphatic carbocycles. The number of methoxy groups -OCH3 is 1. The van der Waals surface area contributed by atoms with Gasteiger partial charge in [-0.1, -0.05) is 0 Å². The van der Waals surface area contributed by atoms with Crippen molar-refractivity contribution in [3.63, 3.8) is 0 Å². The van der Waals surface area contributed by atoms with Gasteiger partial charge in [0.05, 0.1) is 23.1 Å². The summed E-state index contributed by atoms with van der Waals surface area (Å²) in [6.07, 6.45) is 3.26. The Balaban J connectivity index is 1.84. The second-order valence-electron chi connectivity index (χ2n) is 4.88. The number of anilines is 1. The summed E-state index contributed by atoms with van der Waals surface area (Å²) in [5.41, 5.74) is 1.01. The first-order valence-electron chi connectivity index (χ1n) is 6.51. The number of nitro benzene ring substituents is 1. The van der Waals surface area contributed by atoms with Gasteiger partial charge < -0.3 is 14.5 Å². The van der Waals surface area contributed by atoms with E-state index in [1.54, 1.807) is 13.2 Å². The van der Waals surface area contributed by atoms with E-state index < -0.39 is 4.92 Å². The molecule has 1 fully saturated rings.